The van der Waals surface area contributed by atoms with E-state index in [1.165, 1.54) is 19.3 Å². The van der Waals surface area contributed by atoms with Crippen molar-refractivity contribution in [3.63, 3.8) is 0 Å². The van der Waals surface area contributed by atoms with E-state index in [2.05, 4.69) is 17.2 Å². The van der Waals surface area contributed by atoms with Crippen LogP contribution < -0.4 is 4.74 Å². The maximum absolute atomic E-state index is 10.9. The van der Waals surface area contributed by atoms with Crippen molar-refractivity contribution in [2.24, 2.45) is 0 Å². The molecule has 0 aliphatic heterocycles. The second-order valence-corrected chi connectivity index (χ2v) is 4.98. The van der Waals surface area contributed by atoms with Gasteiger partial charge in [-0.2, -0.15) is 0 Å². The molecule has 5 nitrogen and oxygen atoms in total. The van der Waals surface area contributed by atoms with E-state index >= 15 is 0 Å². The number of para-hydroxylation sites is 1. The molecular formula is C16H21N3O2. The molecule has 0 saturated carbocycles. The van der Waals surface area contributed by atoms with Crippen LogP contribution in [0.2, 0.25) is 0 Å². The number of carbonyl (C=O) groups is 1. The summed E-state index contributed by atoms with van der Waals surface area (Å²) < 4.78 is 7.47. The van der Waals surface area contributed by atoms with E-state index in [9.17, 15) is 4.79 Å². The van der Waals surface area contributed by atoms with Crippen LogP contribution in [-0.2, 0) is 13.2 Å². The maximum atomic E-state index is 10.9. The summed E-state index contributed by atoms with van der Waals surface area (Å²) in [6.07, 6.45) is 7.51. The van der Waals surface area contributed by atoms with Crippen molar-refractivity contribution in [2.75, 3.05) is 0 Å². The molecule has 0 bridgehead atoms. The van der Waals surface area contributed by atoms with Crippen molar-refractivity contribution in [3.05, 3.63) is 41.7 Å². The van der Waals surface area contributed by atoms with Crippen LogP contribution in [0.5, 0.6) is 5.75 Å². The number of hydrogen-bond donors (Lipinski definition) is 0. The first kappa shape index (κ1) is 15.2. The Labute approximate surface area is 124 Å². The van der Waals surface area contributed by atoms with Gasteiger partial charge in [-0.1, -0.05) is 43.5 Å². The van der Waals surface area contributed by atoms with Crippen LogP contribution in [-0.4, -0.2) is 21.3 Å². The Bertz CT molecular complexity index is 566. The van der Waals surface area contributed by atoms with Gasteiger partial charge in [0.25, 0.3) is 0 Å². The molecule has 1 aromatic carbocycles. The van der Waals surface area contributed by atoms with Crippen LogP contribution in [0.1, 0.15) is 48.7 Å². The highest BCUT2D eigenvalue weighted by Crippen LogP contribution is 2.16. The number of hydrogen-bond acceptors (Lipinski definition) is 4. The van der Waals surface area contributed by atoms with E-state index < -0.39 is 0 Å². The Morgan fingerprint density at radius 1 is 1.24 bits per heavy atom. The second kappa shape index (κ2) is 8.19. The summed E-state index contributed by atoms with van der Waals surface area (Å²) in [5.74, 6) is 0.574. The minimum absolute atomic E-state index is 0.319. The third-order valence-electron chi connectivity index (χ3n) is 3.25. The van der Waals surface area contributed by atoms with Crippen LogP contribution in [0.25, 0.3) is 0 Å². The zero-order valence-corrected chi connectivity index (χ0v) is 12.4. The number of unbranched alkanes of at least 4 members (excludes halogenated alkanes) is 3. The molecule has 0 unspecified atom stereocenters. The van der Waals surface area contributed by atoms with Gasteiger partial charge in [0.2, 0.25) is 0 Å². The molecule has 0 aliphatic rings. The monoisotopic (exact) mass is 287 g/mol. The SMILES string of the molecule is CCCCCCn1cc(COc2ccccc2C=O)nn1. The van der Waals surface area contributed by atoms with Gasteiger partial charge >= 0.3 is 0 Å². The van der Waals surface area contributed by atoms with E-state index in [1.54, 1.807) is 12.1 Å². The predicted molar refractivity (Wildman–Crippen MR) is 80.3 cm³/mol. The lowest BCUT2D eigenvalue weighted by Crippen LogP contribution is -1.99. The molecule has 0 radical (unpaired) electrons. The average molecular weight is 287 g/mol. The highest BCUT2D eigenvalue weighted by molar-refractivity contribution is 5.79. The highest BCUT2D eigenvalue weighted by atomic mass is 16.5. The fourth-order valence-electron chi connectivity index (χ4n) is 2.08. The predicted octanol–water partition coefficient (Wildman–Crippen LogP) is 3.25. The molecule has 0 N–H and O–H groups in total. The number of aryl methyl sites for hydroxylation is 1. The second-order valence-electron chi connectivity index (χ2n) is 4.98. The van der Waals surface area contributed by atoms with Gasteiger partial charge in [-0.25, -0.2) is 0 Å². The van der Waals surface area contributed by atoms with E-state index in [0.717, 1.165) is 24.9 Å². The van der Waals surface area contributed by atoms with Crippen molar-refractivity contribution in [1.82, 2.24) is 15.0 Å². The van der Waals surface area contributed by atoms with E-state index in [0.29, 0.717) is 17.9 Å². The fourth-order valence-corrected chi connectivity index (χ4v) is 2.08. The van der Waals surface area contributed by atoms with Crippen LogP contribution in [0.15, 0.2) is 30.5 Å². The van der Waals surface area contributed by atoms with Crippen LogP contribution in [0.4, 0.5) is 0 Å². The minimum Gasteiger partial charge on any atom is -0.486 e. The molecule has 2 aromatic rings. The van der Waals surface area contributed by atoms with Gasteiger partial charge in [-0.05, 0) is 18.6 Å². The molecule has 1 heterocycles. The lowest BCUT2D eigenvalue weighted by atomic mass is 10.2. The summed E-state index contributed by atoms with van der Waals surface area (Å²) in [6.45, 7) is 3.40. The molecule has 2 rings (SSSR count). The van der Waals surface area contributed by atoms with Crippen molar-refractivity contribution in [3.8, 4) is 5.75 Å². The molecule has 0 saturated heterocycles. The van der Waals surface area contributed by atoms with Crippen molar-refractivity contribution < 1.29 is 9.53 Å². The van der Waals surface area contributed by atoms with Crippen molar-refractivity contribution >= 4 is 6.29 Å². The van der Waals surface area contributed by atoms with Crippen molar-refractivity contribution in [2.45, 2.75) is 45.8 Å². The van der Waals surface area contributed by atoms with Gasteiger partial charge in [0.05, 0.1) is 11.8 Å². The molecule has 1 aromatic heterocycles. The Morgan fingerprint density at radius 3 is 2.90 bits per heavy atom. The third kappa shape index (κ3) is 4.70. The smallest absolute Gasteiger partial charge is 0.153 e. The lowest BCUT2D eigenvalue weighted by Gasteiger charge is -2.05. The number of rotatable bonds is 9. The maximum Gasteiger partial charge on any atom is 0.153 e. The number of aldehydes is 1. The number of benzene rings is 1. The fraction of sp³-hybridized carbons (Fsp3) is 0.438. The van der Waals surface area contributed by atoms with Gasteiger partial charge in [0.15, 0.2) is 6.29 Å². The minimum atomic E-state index is 0.319. The zero-order valence-electron chi connectivity index (χ0n) is 12.4. The van der Waals surface area contributed by atoms with Crippen LogP contribution in [0, 0.1) is 0 Å². The Hall–Kier alpha value is -2.17. The standard InChI is InChI=1S/C16H21N3O2/c1-2-3-4-7-10-19-11-15(17-18-19)13-21-16-9-6-5-8-14(16)12-20/h5-6,8-9,11-12H,2-4,7,10,13H2,1H3. The number of aromatic nitrogens is 3. The first-order valence-corrected chi connectivity index (χ1v) is 7.39. The molecule has 5 heteroatoms. The van der Waals surface area contributed by atoms with Crippen LogP contribution >= 0.6 is 0 Å². The van der Waals surface area contributed by atoms with E-state index in [-0.39, 0.29) is 0 Å². The molecule has 0 spiro atoms. The summed E-state index contributed by atoms with van der Waals surface area (Å²) in [7, 11) is 0. The Kier molecular flexibility index (Phi) is 5.94. The van der Waals surface area contributed by atoms with Gasteiger partial charge in [0, 0.05) is 6.54 Å². The summed E-state index contributed by atoms with van der Waals surface area (Å²) in [5, 5.41) is 8.17. The summed E-state index contributed by atoms with van der Waals surface area (Å²) >= 11 is 0. The molecule has 112 valence electrons. The van der Waals surface area contributed by atoms with Gasteiger partial charge in [0.1, 0.15) is 18.1 Å². The van der Waals surface area contributed by atoms with E-state index in [1.807, 2.05) is 23.0 Å². The normalized spacial score (nSPS) is 10.5. The molecule has 0 atom stereocenters. The summed E-state index contributed by atoms with van der Waals surface area (Å²) in [6, 6.07) is 7.15. The third-order valence-corrected chi connectivity index (χ3v) is 3.25. The topological polar surface area (TPSA) is 57.0 Å². The quantitative estimate of drug-likeness (QED) is 0.525. The van der Waals surface area contributed by atoms with Crippen LogP contribution in [0.3, 0.4) is 0 Å². The van der Waals surface area contributed by atoms with Gasteiger partial charge in [-0.3, -0.25) is 9.48 Å². The summed E-state index contributed by atoms with van der Waals surface area (Å²) in [5.41, 5.74) is 1.32. The highest BCUT2D eigenvalue weighted by Gasteiger charge is 2.05. The lowest BCUT2D eigenvalue weighted by molar-refractivity contribution is 0.111. The van der Waals surface area contributed by atoms with Gasteiger partial charge in [-0.15, -0.1) is 5.10 Å². The molecule has 0 aliphatic carbocycles. The molecule has 0 amide bonds. The average Bonchev–Trinajstić information content (AvgIpc) is 2.98. The Morgan fingerprint density at radius 2 is 2.10 bits per heavy atom. The van der Waals surface area contributed by atoms with Crippen molar-refractivity contribution in [1.29, 1.82) is 0 Å². The zero-order chi connectivity index (χ0) is 14.9. The Balaban J connectivity index is 1.83. The molecule has 21 heavy (non-hydrogen) atoms. The number of nitrogens with zero attached hydrogens (tertiary/aromatic N) is 3. The largest absolute Gasteiger partial charge is 0.486 e. The summed E-state index contributed by atoms with van der Waals surface area (Å²) in [4.78, 5) is 10.9. The number of ether oxygens (including phenoxy) is 1. The molecule has 0 fully saturated rings. The first-order valence-electron chi connectivity index (χ1n) is 7.39. The number of carbonyl (C=O) groups excluding carboxylic acids is 1. The van der Waals surface area contributed by atoms with Gasteiger partial charge < -0.3 is 4.74 Å². The molecular weight excluding hydrogens is 266 g/mol. The first-order chi connectivity index (χ1) is 10.3. The van der Waals surface area contributed by atoms with E-state index in [4.69, 9.17) is 4.74 Å².